The van der Waals surface area contributed by atoms with E-state index in [4.69, 9.17) is 10.2 Å². The minimum Gasteiger partial charge on any atom is -0.464 e. The van der Waals surface area contributed by atoms with Gasteiger partial charge in [-0.15, -0.1) is 12.4 Å². The molecule has 1 amide bonds. The predicted molar refractivity (Wildman–Crippen MR) is 98.3 cm³/mol. The molecule has 0 unspecified atom stereocenters. The second-order valence-corrected chi connectivity index (χ2v) is 5.94. The number of carbonyl (C=O) groups excluding carboxylic acids is 1. The third kappa shape index (κ3) is 5.67. The lowest BCUT2D eigenvalue weighted by atomic mass is 10.1. The average molecular weight is 352 g/mol. The van der Waals surface area contributed by atoms with Crippen LogP contribution in [0.3, 0.4) is 0 Å². The van der Waals surface area contributed by atoms with Gasteiger partial charge in [-0.3, -0.25) is 4.79 Å². The molecule has 1 aromatic heterocycles. The highest BCUT2D eigenvalue weighted by atomic mass is 35.5. The Bertz CT molecular complexity index is 638. The van der Waals surface area contributed by atoms with Crippen molar-refractivity contribution in [2.45, 2.75) is 20.0 Å². The Kier molecular flexibility index (Phi) is 7.98. The number of nitrogens with two attached hydrogens (primary N) is 1. The Balaban J connectivity index is 0.00000288. The minimum atomic E-state index is 0. The molecule has 0 atom stereocenters. The van der Waals surface area contributed by atoms with E-state index in [1.54, 1.807) is 0 Å². The number of amides is 1. The van der Waals surface area contributed by atoms with Crippen LogP contribution >= 0.6 is 12.4 Å². The lowest BCUT2D eigenvalue weighted by Gasteiger charge is -2.23. The number of halogens is 1. The smallest absolute Gasteiger partial charge is 0.254 e. The summed E-state index contributed by atoms with van der Waals surface area (Å²) in [6.07, 6.45) is 0. The maximum atomic E-state index is 12.8. The van der Waals surface area contributed by atoms with E-state index in [0.29, 0.717) is 25.2 Å². The molecule has 0 bridgehead atoms. The van der Waals surface area contributed by atoms with E-state index in [2.05, 4.69) is 4.90 Å². The molecule has 1 heterocycles. The van der Waals surface area contributed by atoms with Crippen LogP contribution in [0.25, 0.3) is 0 Å². The van der Waals surface area contributed by atoms with Crippen LogP contribution in [0.2, 0.25) is 0 Å². The average Bonchev–Trinajstić information content (AvgIpc) is 2.95. The van der Waals surface area contributed by atoms with Crippen molar-refractivity contribution >= 4 is 18.3 Å². The van der Waals surface area contributed by atoms with Crippen molar-refractivity contribution in [2.75, 3.05) is 27.2 Å². The number of hydrogen-bond acceptors (Lipinski definition) is 4. The third-order valence-electron chi connectivity index (χ3n) is 3.68. The van der Waals surface area contributed by atoms with Gasteiger partial charge in [0.2, 0.25) is 0 Å². The van der Waals surface area contributed by atoms with Gasteiger partial charge in [0.1, 0.15) is 11.5 Å². The highest BCUT2D eigenvalue weighted by Crippen LogP contribution is 2.13. The van der Waals surface area contributed by atoms with Crippen LogP contribution in [0.1, 0.15) is 27.4 Å². The molecule has 0 aliphatic rings. The lowest BCUT2D eigenvalue weighted by Crippen LogP contribution is -2.36. The number of nitrogens with zero attached hydrogens (tertiary/aromatic N) is 2. The zero-order valence-electron chi connectivity index (χ0n) is 14.5. The molecule has 2 aromatic rings. The molecule has 0 saturated carbocycles. The number of aryl methyl sites for hydroxylation is 1. The summed E-state index contributed by atoms with van der Waals surface area (Å²) in [7, 11) is 3.99. The summed E-state index contributed by atoms with van der Waals surface area (Å²) >= 11 is 0. The minimum absolute atomic E-state index is 0. The molecule has 2 N–H and O–H groups in total. The van der Waals surface area contributed by atoms with E-state index in [1.165, 1.54) is 0 Å². The molecule has 0 spiro atoms. The Morgan fingerprint density at radius 1 is 1.08 bits per heavy atom. The van der Waals surface area contributed by atoms with Gasteiger partial charge in [0, 0.05) is 25.2 Å². The van der Waals surface area contributed by atoms with Crippen molar-refractivity contribution in [3.63, 3.8) is 0 Å². The largest absolute Gasteiger partial charge is 0.464 e. The van der Waals surface area contributed by atoms with Crippen LogP contribution in [-0.2, 0) is 13.1 Å². The molecule has 0 aliphatic carbocycles. The van der Waals surface area contributed by atoms with Crippen molar-refractivity contribution in [3.8, 4) is 0 Å². The van der Waals surface area contributed by atoms with Gasteiger partial charge in [0.15, 0.2) is 0 Å². The fourth-order valence-electron chi connectivity index (χ4n) is 2.30. The maximum absolute atomic E-state index is 12.8. The molecular weight excluding hydrogens is 326 g/mol. The topological polar surface area (TPSA) is 62.7 Å². The van der Waals surface area contributed by atoms with Crippen molar-refractivity contribution in [3.05, 3.63) is 59.0 Å². The van der Waals surface area contributed by atoms with Crippen molar-refractivity contribution in [1.29, 1.82) is 0 Å². The first-order valence-electron chi connectivity index (χ1n) is 7.78. The molecule has 6 heteroatoms. The first kappa shape index (κ1) is 20.2. The third-order valence-corrected chi connectivity index (χ3v) is 3.68. The molecule has 132 valence electrons. The van der Waals surface area contributed by atoms with Gasteiger partial charge < -0.3 is 20.0 Å². The van der Waals surface area contributed by atoms with Gasteiger partial charge in [0.25, 0.3) is 5.91 Å². The highest BCUT2D eigenvalue weighted by Gasteiger charge is 2.17. The zero-order chi connectivity index (χ0) is 16.8. The Hall–Kier alpha value is -1.82. The predicted octanol–water partition coefficient (Wildman–Crippen LogP) is 2.67. The van der Waals surface area contributed by atoms with E-state index >= 15 is 0 Å². The molecule has 0 aliphatic heterocycles. The molecule has 0 saturated heterocycles. The molecule has 0 radical (unpaired) electrons. The van der Waals surface area contributed by atoms with Gasteiger partial charge in [-0.05, 0) is 50.8 Å². The number of carbonyl (C=O) groups is 1. The summed E-state index contributed by atoms with van der Waals surface area (Å²) in [6.45, 7) is 4.29. The maximum Gasteiger partial charge on any atom is 0.254 e. The van der Waals surface area contributed by atoms with Gasteiger partial charge in [-0.1, -0.05) is 12.1 Å². The van der Waals surface area contributed by atoms with Crippen LogP contribution in [0.15, 0.2) is 40.8 Å². The molecule has 1 aromatic carbocycles. The summed E-state index contributed by atoms with van der Waals surface area (Å²) in [5, 5.41) is 0. The lowest BCUT2D eigenvalue weighted by molar-refractivity contribution is 0.0719. The Morgan fingerprint density at radius 2 is 1.75 bits per heavy atom. The molecule has 24 heavy (non-hydrogen) atoms. The summed E-state index contributed by atoms with van der Waals surface area (Å²) in [5.74, 6) is 1.66. The first-order chi connectivity index (χ1) is 11.0. The molecular formula is C18H26ClN3O2. The standard InChI is InChI=1S/C18H25N3O2.ClH/c1-14-4-9-17(23-14)13-21(11-10-20(2)3)18(22)16-7-5-15(12-19)6-8-16;/h4-9H,10-13,19H2,1-3H3;1H. The van der Waals surface area contributed by atoms with Crippen LogP contribution in [-0.4, -0.2) is 42.9 Å². The molecule has 5 nitrogen and oxygen atoms in total. The monoisotopic (exact) mass is 351 g/mol. The Morgan fingerprint density at radius 3 is 2.25 bits per heavy atom. The fourth-order valence-corrected chi connectivity index (χ4v) is 2.30. The highest BCUT2D eigenvalue weighted by molar-refractivity contribution is 5.94. The van der Waals surface area contributed by atoms with E-state index < -0.39 is 0 Å². The number of likely N-dealkylation sites (N-methyl/N-ethyl adjacent to an activating group) is 1. The zero-order valence-corrected chi connectivity index (χ0v) is 15.3. The number of furan rings is 1. The number of hydrogen-bond donors (Lipinski definition) is 1. The molecule has 2 rings (SSSR count). The van der Waals surface area contributed by atoms with E-state index in [1.807, 2.05) is 62.3 Å². The van der Waals surface area contributed by atoms with Gasteiger partial charge >= 0.3 is 0 Å². The summed E-state index contributed by atoms with van der Waals surface area (Å²) in [6, 6.07) is 11.3. The van der Waals surface area contributed by atoms with E-state index in [0.717, 1.165) is 23.6 Å². The molecule has 0 fully saturated rings. The quantitative estimate of drug-likeness (QED) is 0.833. The fraction of sp³-hybridized carbons (Fsp3) is 0.389. The second kappa shape index (κ2) is 9.47. The van der Waals surface area contributed by atoms with E-state index in [9.17, 15) is 4.79 Å². The SMILES string of the molecule is Cc1ccc(CN(CCN(C)C)C(=O)c2ccc(CN)cc2)o1.Cl. The normalized spacial score (nSPS) is 10.5. The van der Waals surface area contributed by atoms with Crippen molar-refractivity contribution in [1.82, 2.24) is 9.80 Å². The summed E-state index contributed by atoms with van der Waals surface area (Å²) in [4.78, 5) is 16.7. The van der Waals surface area contributed by atoms with Crippen molar-refractivity contribution in [2.24, 2.45) is 5.73 Å². The van der Waals surface area contributed by atoms with Gasteiger partial charge in [-0.2, -0.15) is 0 Å². The number of benzene rings is 1. The van der Waals surface area contributed by atoms with Gasteiger partial charge in [-0.25, -0.2) is 0 Å². The van der Waals surface area contributed by atoms with Crippen LogP contribution < -0.4 is 5.73 Å². The van der Waals surface area contributed by atoms with E-state index in [-0.39, 0.29) is 18.3 Å². The van der Waals surface area contributed by atoms with Crippen LogP contribution in [0.4, 0.5) is 0 Å². The van der Waals surface area contributed by atoms with Crippen LogP contribution in [0.5, 0.6) is 0 Å². The first-order valence-corrected chi connectivity index (χ1v) is 7.78. The van der Waals surface area contributed by atoms with Crippen molar-refractivity contribution < 1.29 is 9.21 Å². The number of rotatable bonds is 7. The van der Waals surface area contributed by atoms with Gasteiger partial charge in [0.05, 0.1) is 6.54 Å². The summed E-state index contributed by atoms with van der Waals surface area (Å²) < 4.78 is 5.62. The Labute approximate surface area is 149 Å². The second-order valence-electron chi connectivity index (χ2n) is 5.94. The van der Waals surface area contributed by atoms with Crippen LogP contribution in [0, 0.1) is 6.92 Å². The summed E-state index contributed by atoms with van der Waals surface area (Å²) in [5.41, 5.74) is 7.30.